The number of nitrogens with zero attached hydrogens (tertiary/aromatic N) is 2. The molecule has 1 aliphatic heterocycles. The number of hydrogen-bond acceptors (Lipinski definition) is 3. The third-order valence-electron chi connectivity index (χ3n) is 4.38. The fourth-order valence-corrected chi connectivity index (χ4v) is 3.51. The molecule has 18 heavy (non-hydrogen) atoms. The van der Waals surface area contributed by atoms with Gasteiger partial charge in [0.1, 0.15) is 0 Å². The van der Waals surface area contributed by atoms with E-state index in [9.17, 15) is 0 Å². The zero-order valence-electron chi connectivity index (χ0n) is 11.0. The Labute approximate surface area is 110 Å². The average molecular weight is 245 g/mol. The van der Waals surface area contributed by atoms with Crippen LogP contribution in [-0.2, 0) is 0 Å². The van der Waals surface area contributed by atoms with Crippen molar-refractivity contribution < 1.29 is 0 Å². The van der Waals surface area contributed by atoms with Crippen molar-refractivity contribution in [2.45, 2.75) is 31.7 Å². The van der Waals surface area contributed by atoms with Crippen LogP contribution in [0.15, 0.2) is 24.4 Å². The summed E-state index contributed by atoms with van der Waals surface area (Å²) in [5, 5.41) is 3.45. The summed E-state index contributed by atoms with van der Waals surface area (Å²) in [7, 11) is 0. The van der Waals surface area contributed by atoms with Crippen LogP contribution in [0.2, 0.25) is 0 Å². The fourth-order valence-electron chi connectivity index (χ4n) is 3.51. The van der Waals surface area contributed by atoms with E-state index in [1.807, 2.05) is 12.3 Å². The maximum atomic E-state index is 4.64. The Morgan fingerprint density at radius 3 is 2.61 bits per heavy atom. The molecule has 1 aromatic rings. The van der Waals surface area contributed by atoms with Crippen LogP contribution in [0.1, 0.15) is 37.4 Å². The molecule has 1 saturated heterocycles. The molecular formula is C15H23N3. The Morgan fingerprint density at radius 1 is 1.17 bits per heavy atom. The van der Waals surface area contributed by atoms with Crippen LogP contribution in [0.3, 0.4) is 0 Å². The molecule has 3 rings (SSSR count). The topological polar surface area (TPSA) is 28.2 Å². The Morgan fingerprint density at radius 2 is 1.94 bits per heavy atom. The Hall–Kier alpha value is -0.930. The lowest BCUT2D eigenvalue weighted by Gasteiger charge is -2.38. The molecule has 2 heterocycles. The molecule has 2 aliphatic rings. The van der Waals surface area contributed by atoms with Crippen LogP contribution < -0.4 is 5.32 Å². The number of piperazine rings is 1. The van der Waals surface area contributed by atoms with E-state index in [0.29, 0.717) is 6.04 Å². The van der Waals surface area contributed by atoms with Crippen molar-refractivity contribution in [3.63, 3.8) is 0 Å². The first-order valence-electron chi connectivity index (χ1n) is 7.31. The van der Waals surface area contributed by atoms with Crippen LogP contribution in [0.4, 0.5) is 0 Å². The minimum atomic E-state index is 0.552. The molecular weight excluding hydrogens is 222 g/mol. The predicted molar refractivity (Wildman–Crippen MR) is 73.4 cm³/mol. The normalized spacial score (nSPS) is 24.2. The standard InChI is InChI=1S/C15H23N3/c1-2-6-13(5-1)15(14-7-3-4-8-17-14)18-11-9-16-10-12-18/h3-4,7-8,13,15-16H,1-2,5-6,9-12H2/t15-/m0/s1. The van der Waals surface area contributed by atoms with Gasteiger partial charge in [0.05, 0.1) is 11.7 Å². The summed E-state index contributed by atoms with van der Waals surface area (Å²) in [6.45, 7) is 4.57. The van der Waals surface area contributed by atoms with Crippen LogP contribution in [0.5, 0.6) is 0 Å². The molecule has 0 radical (unpaired) electrons. The van der Waals surface area contributed by atoms with Gasteiger partial charge in [-0.25, -0.2) is 0 Å². The maximum Gasteiger partial charge on any atom is 0.0578 e. The average Bonchev–Trinajstić information content (AvgIpc) is 2.95. The van der Waals surface area contributed by atoms with Crippen LogP contribution in [0, 0.1) is 5.92 Å². The minimum absolute atomic E-state index is 0.552. The van der Waals surface area contributed by atoms with Crippen molar-refractivity contribution in [1.82, 2.24) is 15.2 Å². The van der Waals surface area contributed by atoms with E-state index in [4.69, 9.17) is 0 Å². The molecule has 2 fully saturated rings. The first-order valence-corrected chi connectivity index (χ1v) is 7.31. The molecule has 3 nitrogen and oxygen atoms in total. The number of pyridine rings is 1. The van der Waals surface area contributed by atoms with Gasteiger partial charge < -0.3 is 5.32 Å². The van der Waals surface area contributed by atoms with E-state index in [1.54, 1.807) is 0 Å². The molecule has 0 spiro atoms. The molecule has 1 aromatic heterocycles. The number of aromatic nitrogens is 1. The van der Waals surface area contributed by atoms with Gasteiger partial charge in [0.25, 0.3) is 0 Å². The predicted octanol–water partition coefficient (Wildman–Crippen LogP) is 2.22. The van der Waals surface area contributed by atoms with E-state index >= 15 is 0 Å². The largest absolute Gasteiger partial charge is 0.314 e. The molecule has 0 unspecified atom stereocenters. The first kappa shape index (κ1) is 12.1. The maximum absolute atomic E-state index is 4.64. The van der Waals surface area contributed by atoms with Gasteiger partial charge in [-0.05, 0) is 30.9 Å². The van der Waals surface area contributed by atoms with Gasteiger partial charge in [-0.1, -0.05) is 18.9 Å². The second-order valence-electron chi connectivity index (χ2n) is 5.53. The van der Waals surface area contributed by atoms with E-state index in [-0.39, 0.29) is 0 Å². The van der Waals surface area contributed by atoms with Crippen molar-refractivity contribution in [3.05, 3.63) is 30.1 Å². The van der Waals surface area contributed by atoms with Gasteiger partial charge in [-0.15, -0.1) is 0 Å². The fraction of sp³-hybridized carbons (Fsp3) is 0.667. The molecule has 0 aromatic carbocycles. The third kappa shape index (κ3) is 2.57. The highest BCUT2D eigenvalue weighted by molar-refractivity contribution is 5.11. The highest BCUT2D eigenvalue weighted by Gasteiger charge is 2.32. The SMILES string of the molecule is c1ccc([C@H](C2CCCC2)N2CCNCC2)nc1. The van der Waals surface area contributed by atoms with E-state index in [2.05, 4.69) is 27.3 Å². The molecule has 98 valence electrons. The summed E-state index contributed by atoms with van der Waals surface area (Å²) in [6, 6.07) is 6.92. The van der Waals surface area contributed by atoms with Crippen LogP contribution in [0.25, 0.3) is 0 Å². The van der Waals surface area contributed by atoms with Gasteiger partial charge >= 0.3 is 0 Å². The zero-order valence-corrected chi connectivity index (χ0v) is 11.0. The van der Waals surface area contributed by atoms with Gasteiger partial charge in [-0.3, -0.25) is 9.88 Å². The van der Waals surface area contributed by atoms with Gasteiger partial charge in [0.2, 0.25) is 0 Å². The van der Waals surface area contributed by atoms with E-state index in [1.165, 1.54) is 31.4 Å². The molecule has 0 amide bonds. The van der Waals surface area contributed by atoms with Crippen molar-refractivity contribution >= 4 is 0 Å². The number of hydrogen-bond donors (Lipinski definition) is 1. The van der Waals surface area contributed by atoms with Crippen LogP contribution >= 0.6 is 0 Å². The molecule has 3 heteroatoms. The van der Waals surface area contributed by atoms with Gasteiger partial charge in [0.15, 0.2) is 0 Å². The molecule has 1 saturated carbocycles. The Bertz CT molecular complexity index is 353. The third-order valence-corrected chi connectivity index (χ3v) is 4.38. The van der Waals surface area contributed by atoms with Gasteiger partial charge in [-0.2, -0.15) is 0 Å². The summed E-state index contributed by atoms with van der Waals surface area (Å²) in [5.74, 6) is 0.818. The van der Waals surface area contributed by atoms with Crippen molar-refractivity contribution in [3.8, 4) is 0 Å². The summed E-state index contributed by atoms with van der Waals surface area (Å²) < 4.78 is 0. The van der Waals surface area contributed by atoms with Crippen molar-refractivity contribution in [2.24, 2.45) is 5.92 Å². The lowest BCUT2D eigenvalue weighted by atomic mass is 9.93. The zero-order chi connectivity index (χ0) is 12.2. The summed E-state index contributed by atoms with van der Waals surface area (Å²) in [6.07, 6.45) is 7.51. The molecule has 1 atom stereocenters. The second kappa shape index (κ2) is 5.81. The minimum Gasteiger partial charge on any atom is -0.314 e. The monoisotopic (exact) mass is 245 g/mol. The molecule has 0 bridgehead atoms. The lowest BCUT2D eigenvalue weighted by molar-refractivity contribution is 0.122. The van der Waals surface area contributed by atoms with Gasteiger partial charge in [0, 0.05) is 32.4 Å². The Balaban J connectivity index is 1.82. The van der Waals surface area contributed by atoms with Crippen LogP contribution in [-0.4, -0.2) is 36.1 Å². The lowest BCUT2D eigenvalue weighted by Crippen LogP contribution is -2.46. The number of nitrogens with one attached hydrogen (secondary N) is 1. The summed E-state index contributed by atoms with van der Waals surface area (Å²) >= 11 is 0. The van der Waals surface area contributed by atoms with Crippen molar-refractivity contribution in [2.75, 3.05) is 26.2 Å². The quantitative estimate of drug-likeness (QED) is 0.885. The second-order valence-corrected chi connectivity index (χ2v) is 5.53. The Kier molecular flexibility index (Phi) is 3.91. The highest BCUT2D eigenvalue weighted by atomic mass is 15.2. The van der Waals surface area contributed by atoms with E-state index < -0.39 is 0 Å². The van der Waals surface area contributed by atoms with Crippen molar-refractivity contribution in [1.29, 1.82) is 0 Å². The summed E-state index contributed by atoms with van der Waals surface area (Å²) in [4.78, 5) is 7.28. The molecule has 1 N–H and O–H groups in total. The summed E-state index contributed by atoms with van der Waals surface area (Å²) in [5.41, 5.74) is 1.28. The first-order chi connectivity index (χ1) is 8.95. The smallest absolute Gasteiger partial charge is 0.0578 e. The highest BCUT2D eigenvalue weighted by Crippen LogP contribution is 2.38. The molecule has 1 aliphatic carbocycles. The van der Waals surface area contributed by atoms with E-state index in [0.717, 1.165) is 32.1 Å². The number of rotatable bonds is 3.